The zero-order chi connectivity index (χ0) is 12.1. The summed E-state index contributed by atoms with van der Waals surface area (Å²) in [6.07, 6.45) is 0. The summed E-state index contributed by atoms with van der Waals surface area (Å²) in [6, 6.07) is 4.08. The standard InChI is InChI=1S/C11H14FNO3/c1-2-16-10-4-3-7(5-9(10)12)8(6-13)11(14)15/h3-5,8H,2,6,13H2,1H3,(H,14,15). The van der Waals surface area contributed by atoms with Gasteiger partial charge in [0.15, 0.2) is 11.6 Å². The summed E-state index contributed by atoms with van der Waals surface area (Å²) >= 11 is 0. The van der Waals surface area contributed by atoms with E-state index in [0.29, 0.717) is 12.2 Å². The fourth-order valence-corrected chi connectivity index (χ4v) is 1.39. The molecule has 0 amide bonds. The highest BCUT2D eigenvalue weighted by molar-refractivity contribution is 5.76. The Balaban J connectivity index is 2.99. The normalized spacial score (nSPS) is 12.2. The lowest BCUT2D eigenvalue weighted by Crippen LogP contribution is -2.21. The van der Waals surface area contributed by atoms with Gasteiger partial charge >= 0.3 is 5.97 Å². The molecule has 0 aliphatic carbocycles. The third-order valence-electron chi connectivity index (χ3n) is 2.19. The Kier molecular flexibility index (Phi) is 4.25. The molecule has 0 aliphatic heterocycles. The Morgan fingerprint density at radius 1 is 1.62 bits per heavy atom. The molecule has 1 aromatic carbocycles. The minimum absolute atomic E-state index is 0.0667. The SMILES string of the molecule is CCOc1ccc(C(CN)C(=O)O)cc1F. The molecule has 0 saturated heterocycles. The molecule has 0 bridgehead atoms. The molecule has 3 N–H and O–H groups in total. The van der Waals surface area contributed by atoms with Gasteiger partial charge in [0.25, 0.3) is 0 Å². The zero-order valence-electron chi connectivity index (χ0n) is 8.94. The number of benzene rings is 1. The minimum Gasteiger partial charge on any atom is -0.491 e. The summed E-state index contributed by atoms with van der Waals surface area (Å²) in [7, 11) is 0. The maximum absolute atomic E-state index is 13.4. The molecule has 0 spiro atoms. The number of carboxylic acid groups (broad SMARTS) is 1. The van der Waals surface area contributed by atoms with Gasteiger partial charge in [-0.25, -0.2) is 4.39 Å². The molecule has 0 heterocycles. The largest absolute Gasteiger partial charge is 0.491 e. The molecule has 0 saturated carbocycles. The van der Waals surface area contributed by atoms with Crippen LogP contribution in [-0.2, 0) is 4.79 Å². The van der Waals surface area contributed by atoms with Crippen LogP contribution in [0.4, 0.5) is 4.39 Å². The van der Waals surface area contributed by atoms with Crippen molar-refractivity contribution >= 4 is 5.97 Å². The van der Waals surface area contributed by atoms with Gasteiger partial charge in [0, 0.05) is 6.54 Å². The minimum atomic E-state index is -1.06. The number of hydrogen-bond acceptors (Lipinski definition) is 3. The molecule has 0 radical (unpaired) electrons. The van der Waals surface area contributed by atoms with Crippen molar-refractivity contribution in [3.05, 3.63) is 29.6 Å². The highest BCUT2D eigenvalue weighted by Crippen LogP contribution is 2.23. The Morgan fingerprint density at radius 2 is 2.31 bits per heavy atom. The van der Waals surface area contributed by atoms with Crippen molar-refractivity contribution in [2.24, 2.45) is 5.73 Å². The predicted molar refractivity (Wildman–Crippen MR) is 57.0 cm³/mol. The second kappa shape index (κ2) is 5.46. The molecular weight excluding hydrogens is 213 g/mol. The third-order valence-corrected chi connectivity index (χ3v) is 2.19. The number of nitrogens with two attached hydrogens (primary N) is 1. The molecule has 1 aromatic rings. The van der Waals surface area contributed by atoms with Gasteiger partial charge in [-0.1, -0.05) is 6.07 Å². The van der Waals surface area contributed by atoms with Crippen molar-refractivity contribution in [1.82, 2.24) is 0 Å². The van der Waals surface area contributed by atoms with Gasteiger partial charge in [-0.05, 0) is 24.6 Å². The first-order valence-electron chi connectivity index (χ1n) is 4.95. The van der Waals surface area contributed by atoms with E-state index in [9.17, 15) is 9.18 Å². The summed E-state index contributed by atoms with van der Waals surface area (Å²) in [5.74, 6) is -2.40. The van der Waals surface area contributed by atoms with E-state index in [-0.39, 0.29) is 12.3 Å². The van der Waals surface area contributed by atoms with Crippen LogP contribution in [0.3, 0.4) is 0 Å². The van der Waals surface area contributed by atoms with Crippen LogP contribution in [0.1, 0.15) is 18.4 Å². The van der Waals surface area contributed by atoms with E-state index in [4.69, 9.17) is 15.6 Å². The Hall–Kier alpha value is -1.62. The second-order valence-corrected chi connectivity index (χ2v) is 3.25. The quantitative estimate of drug-likeness (QED) is 0.796. The molecule has 4 nitrogen and oxygen atoms in total. The first-order valence-corrected chi connectivity index (χ1v) is 4.95. The number of ether oxygens (including phenoxy) is 1. The summed E-state index contributed by atoms with van der Waals surface area (Å²) in [6.45, 7) is 2.03. The van der Waals surface area contributed by atoms with Crippen molar-refractivity contribution < 1.29 is 19.0 Å². The van der Waals surface area contributed by atoms with Crippen LogP contribution >= 0.6 is 0 Å². The topological polar surface area (TPSA) is 72.5 Å². The number of carboxylic acids is 1. The summed E-state index contributed by atoms with van der Waals surface area (Å²) < 4.78 is 18.5. The Labute approximate surface area is 92.8 Å². The lowest BCUT2D eigenvalue weighted by Gasteiger charge is -2.11. The molecule has 88 valence electrons. The van der Waals surface area contributed by atoms with Gasteiger partial charge in [-0.15, -0.1) is 0 Å². The van der Waals surface area contributed by atoms with Crippen molar-refractivity contribution in [2.45, 2.75) is 12.8 Å². The van der Waals surface area contributed by atoms with Gasteiger partial charge < -0.3 is 15.6 Å². The highest BCUT2D eigenvalue weighted by Gasteiger charge is 2.19. The number of aliphatic carboxylic acids is 1. The van der Waals surface area contributed by atoms with Crippen LogP contribution in [0.25, 0.3) is 0 Å². The average Bonchev–Trinajstić information content (AvgIpc) is 2.22. The van der Waals surface area contributed by atoms with Crippen molar-refractivity contribution in [3.63, 3.8) is 0 Å². The van der Waals surface area contributed by atoms with Gasteiger partial charge in [-0.3, -0.25) is 4.79 Å². The number of carbonyl (C=O) groups is 1. The van der Waals surface area contributed by atoms with Crippen LogP contribution in [0.5, 0.6) is 5.75 Å². The molecule has 1 unspecified atom stereocenters. The lowest BCUT2D eigenvalue weighted by atomic mass is 9.99. The number of halogens is 1. The van der Waals surface area contributed by atoms with Gasteiger partial charge in [-0.2, -0.15) is 0 Å². The van der Waals surface area contributed by atoms with Crippen LogP contribution in [-0.4, -0.2) is 24.2 Å². The fourth-order valence-electron chi connectivity index (χ4n) is 1.39. The van der Waals surface area contributed by atoms with E-state index >= 15 is 0 Å². The molecule has 0 aromatic heterocycles. The second-order valence-electron chi connectivity index (χ2n) is 3.25. The average molecular weight is 227 g/mol. The van der Waals surface area contributed by atoms with Gasteiger partial charge in [0.2, 0.25) is 0 Å². The van der Waals surface area contributed by atoms with E-state index in [1.54, 1.807) is 6.92 Å². The van der Waals surface area contributed by atoms with Gasteiger partial charge in [0.05, 0.1) is 12.5 Å². The molecule has 1 atom stereocenters. The number of hydrogen-bond donors (Lipinski definition) is 2. The maximum Gasteiger partial charge on any atom is 0.312 e. The molecule has 5 heteroatoms. The van der Waals surface area contributed by atoms with E-state index in [1.165, 1.54) is 12.1 Å². The monoisotopic (exact) mass is 227 g/mol. The van der Waals surface area contributed by atoms with Crippen LogP contribution < -0.4 is 10.5 Å². The van der Waals surface area contributed by atoms with Crippen molar-refractivity contribution in [2.75, 3.05) is 13.2 Å². The first-order chi connectivity index (χ1) is 7.60. The fraction of sp³-hybridized carbons (Fsp3) is 0.364. The first kappa shape index (κ1) is 12.4. The van der Waals surface area contributed by atoms with Crippen LogP contribution in [0.15, 0.2) is 18.2 Å². The highest BCUT2D eigenvalue weighted by atomic mass is 19.1. The summed E-state index contributed by atoms with van der Waals surface area (Å²) in [4.78, 5) is 10.8. The smallest absolute Gasteiger partial charge is 0.312 e. The van der Waals surface area contributed by atoms with E-state index in [1.807, 2.05) is 0 Å². The molecule has 0 fully saturated rings. The van der Waals surface area contributed by atoms with Crippen LogP contribution in [0.2, 0.25) is 0 Å². The van der Waals surface area contributed by atoms with Crippen molar-refractivity contribution in [1.29, 1.82) is 0 Å². The Bertz CT molecular complexity index is 381. The summed E-state index contributed by atoms with van der Waals surface area (Å²) in [5.41, 5.74) is 5.66. The number of rotatable bonds is 5. The third kappa shape index (κ3) is 2.70. The van der Waals surface area contributed by atoms with E-state index in [2.05, 4.69) is 0 Å². The van der Waals surface area contributed by atoms with E-state index in [0.717, 1.165) is 6.07 Å². The maximum atomic E-state index is 13.4. The van der Waals surface area contributed by atoms with Crippen LogP contribution in [0, 0.1) is 5.82 Å². The van der Waals surface area contributed by atoms with Crippen molar-refractivity contribution in [3.8, 4) is 5.75 Å². The lowest BCUT2D eigenvalue weighted by molar-refractivity contribution is -0.138. The Morgan fingerprint density at radius 3 is 2.75 bits per heavy atom. The molecule has 0 aliphatic rings. The zero-order valence-corrected chi connectivity index (χ0v) is 8.94. The van der Waals surface area contributed by atoms with E-state index < -0.39 is 17.7 Å². The molecular formula is C11H14FNO3. The summed E-state index contributed by atoms with van der Waals surface area (Å²) in [5, 5.41) is 8.86. The van der Waals surface area contributed by atoms with Gasteiger partial charge in [0.1, 0.15) is 0 Å². The predicted octanol–water partition coefficient (Wildman–Crippen LogP) is 1.35. The molecule has 16 heavy (non-hydrogen) atoms. The molecule has 1 rings (SSSR count).